The highest BCUT2D eigenvalue weighted by atomic mass is 16.6. The van der Waals surface area contributed by atoms with Crippen LogP contribution in [-0.2, 0) is 10.3 Å². The van der Waals surface area contributed by atoms with Crippen LogP contribution >= 0.6 is 0 Å². The Kier molecular flexibility index (Phi) is 3.48. The minimum atomic E-state index is -1.38. The smallest absolute Gasteiger partial charge is 0.340 e. The van der Waals surface area contributed by atoms with E-state index in [1.807, 2.05) is 84.9 Å². The number of aromatic hydroxyl groups is 2. The fourth-order valence-electron chi connectivity index (χ4n) is 6.40. The Hall–Kier alpha value is -4.83. The Morgan fingerprint density at radius 2 is 1.28 bits per heavy atom. The lowest BCUT2D eigenvalue weighted by molar-refractivity contribution is 0.0139. The van der Waals surface area contributed by atoms with Gasteiger partial charge in [0, 0.05) is 27.3 Å². The summed E-state index contributed by atoms with van der Waals surface area (Å²) in [5.41, 5.74) is 2.70. The zero-order valence-electron chi connectivity index (χ0n) is 18.9. The highest BCUT2D eigenvalue weighted by molar-refractivity contribution is 6.13. The van der Waals surface area contributed by atoms with Gasteiger partial charge in [0.25, 0.3) is 0 Å². The molecule has 4 nitrogen and oxygen atoms in total. The summed E-state index contributed by atoms with van der Waals surface area (Å²) >= 11 is 0. The van der Waals surface area contributed by atoms with Crippen molar-refractivity contribution in [2.45, 2.75) is 5.60 Å². The second kappa shape index (κ2) is 6.43. The van der Waals surface area contributed by atoms with Gasteiger partial charge in [0.15, 0.2) is 5.60 Å². The number of carbonyl (C=O) groups is 1. The molecule has 0 aromatic heterocycles. The van der Waals surface area contributed by atoms with Crippen molar-refractivity contribution in [1.82, 2.24) is 0 Å². The van der Waals surface area contributed by atoms with Crippen LogP contribution in [-0.4, -0.2) is 16.2 Å². The first-order chi connectivity index (χ1) is 17.6. The number of esters is 1. The largest absolute Gasteiger partial charge is 0.507 e. The molecule has 1 aliphatic heterocycles. The maximum atomic E-state index is 13.7. The number of phenols is 2. The molecule has 36 heavy (non-hydrogen) atoms. The summed E-state index contributed by atoms with van der Waals surface area (Å²) < 4.78 is 6.50. The highest BCUT2D eigenvalue weighted by Crippen LogP contribution is 2.62. The van der Waals surface area contributed by atoms with Gasteiger partial charge >= 0.3 is 5.97 Å². The van der Waals surface area contributed by atoms with Gasteiger partial charge in [-0.1, -0.05) is 78.9 Å². The fraction of sp³-hybridized carbons (Fsp3) is 0.0312. The van der Waals surface area contributed by atoms with Gasteiger partial charge in [-0.15, -0.1) is 0 Å². The molecule has 0 fully saturated rings. The van der Waals surface area contributed by atoms with E-state index in [2.05, 4.69) is 0 Å². The Morgan fingerprint density at radius 1 is 0.611 bits per heavy atom. The third-order valence-electron chi connectivity index (χ3n) is 7.79. The normalized spacial score (nSPS) is 17.5. The zero-order valence-corrected chi connectivity index (χ0v) is 18.9. The SMILES string of the molecule is O=C1OC2(c3c(cc4ccccc4c3O)-c3cc(O)c4ccccc4c32)c2cccc3cccc1c23. The first-order valence-electron chi connectivity index (χ1n) is 11.9. The summed E-state index contributed by atoms with van der Waals surface area (Å²) in [6.45, 7) is 0. The average molecular weight is 466 g/mol. The molecule has 1 unspecified atom stereocenters. The number of hydrogen-bond acceptors (Lipinski definition) is 4. The molecule has 6 aromatic rings. The van der Waals surface area contributed by atoms with E-state index in [0.29, 0.717) is 21.9 Å². The van der Waals surface area contributed by atoms with E-state index in [-0.39, 0.29) is 11.5 Å². The molecule has 2 N–H and O–H groups in total. The molecule has 0 amide bonds. The predicted molar refractivity (Wildman–Crippen MR) is 139 cm³/mol. The molecule has 1 spiro atoms. The van der Waals surface area contributed by atoms with Crippen LogP contribution in [0.3, 0.4) is 0 Å². The number of ether oxygens (including phenoxy) is 1. The lowest BCUT2D eigenvalue weighted by Crippen LogP contribution is -2.37. The lowest BCUT2D eigenvalue weighted by Gasteiger charge is -2.37. The van der Waals surface area contributed by atoms with Crippen molar-refractivity contribution < 1.29 is 19.7 Å². The maximum Gasteiger partial charge on any atom is 0.340 e. The van der Waals surface area contributed by atoms with Crippen molar-refractivity contribution in [2.24, 2.45) is 0 Å². The van der Waals surface area contributed by atoms with E-state index in [1.54, 1.807) is 12.1 Å². The molecule has 1 aliphatic carbocycles. The Labute approximate surface area is 205 Å². The van der Waals surface area contributed by atoms with E-state index in [1.165, 1.54) is 0 Å². The number of benzene rings is 6. The number of rotatable bonds is 0. The number of hydrogen-bond donors (Lipinski definition) is 2. The van der Waals surface area contributed by atoms with Crippen LogP contribution in [0.15, 0.2) is 97.1 Å². The maximum absolute atomic E-state index is 13.7. The molecule has 0 saturated heterocycles. The molecule has 2 aliphatic rings. The summed E-state index contributed by atoms with van der Waals surface area (Å²) in [5, 5.41) is 27.6. The van der Waals surface area contributed by atoms with E-state index < -0.39 is 11.6 Å². The first kappa shape index (κ1) is 19.5. The van der Waals surface area contributed by atoms with E-state index in [9.17, 15) is 15.0 Å². The van der Waals surface area contributed by atoms with Crippen molar-refractivity contribution in [3.05, 3.63) is 119 Å². The van der Waals surface area contributed by atoms with Gasteiger partial charge in [-0.3, -0.25) is 0 Å². The van der Waals surface area contributed by atoms with Crippen LogP contribution in [0.1, 0.15) is 27.0 Å². The summed E-state index contributed by atoms with van der Waals surface area (Å²) in [5.74, 6) is -0.226. The Balaban J connectivity index is 1.67. The van der Waals surface area contributed by atoms with E-state index in [0.717, 1.165) is 43.8 Å². The summed E-state index contributed by atoms with van der Waals surface area (Å²) in [7, 11) is 0. The summed E-state index contributed by atoms with van der Waals surface area (Å²) in [6, 6.07) is 30.5. The van der Waals surface area contributed by atoms with Crippen LogP contribution in [0, 0.1) is 0 Å². The molecule has 0 saturated carbocycles. The first-order valence-corrected chi connectivity index (χ1v) is 11.9. The Morgan fingerprint density at radius 3 is 2.11 bits per heavy atom. The second-order valence-corrected chi connectivity index (χ2v) is 9.51. The quantitative estimate of drug-likeness (QED) is 0.237. The van der Waals surface area contributed by atoms with Crippen LogP contribution in [0.25, 0.3) is 43.4 Å². The van der Waals surface area contributed by atoms with Gasteiger partial charge < -0.3 is 14.9 Å². The highest BCUT2D eigenvalue weighted by Gasteiger charge is 2.54. The molecule has 0 radical (unpaired) electrons. The third-order valence-corrected chi connectivity index (χ3v) is 7.79. The minimum Gasteiger partial charge on any atom is -0.507 e. The number of phenolic OH excluding ortho intramolecular Hbond substituents is 2. The lowest BCUT2D eigenvalue weighted by atomic mass is 9.76. The van der Waals surface area contributed by atoms with Crippen molar-refractivity contribution in [3.8, 4) is 22.6 Å². The van der Waals surface area contributed by atoms with Gasteiger partial charge in [-0.2, -0.15) is 0 Å². The molecule has 0 bridgehead atoms. The molecule has 6 aromatic carbocycles. The van der Waals surface area contributed by atoms with Gasteiger partial charge in [-0.05, 0) is 45.5 Å². The molecule has 170 valence electrons. The number of carbonyl (C=O) groups excluding carboxylic acids is 1. The van der Waals surface area contributed by atoms with Crippen LogP contribution in [0.2, 0.25) is 0 Å². The summed E-state index contributed by atoms with van der Waals surface area (Å²) in [6.07, 6.45) is 0. The minimum absolute atomic E-state index is 0.0760. The van der Waals surface area contributed by atoms with E-state index >= 15 is 0 Å². The Bertz CT molecular complexity index is 1960. The third kappa shape index (κ3) is 2.13. The second-order valence-electron chi connectivity index (χ2n) is 9.51. The van der Waals surface area contributed by atoms with Crippen molar-refractivity contribution in [1.29, 1.82) is 0 Å². The predicted octanol–water partition coefficient (Wildman–Crippen LogP) is 7.00. The molecular weight excluding hydrogens is 448 g/mol. The zero-order chi connectivity index (χ0) is 24.2. The number of fused-ring (bicyclic) bond motifs is 9. The van der Waals surface area contributed by atoms with Crippen molar-refractivity contribution in [3.63, 3.8) is 0 Å². The van der Waals surface area contributed by atoms with Crippen molar-refractivity contribution >= 4 is 38.3 Å². The average Bonchev–Trinajstić information content (AvgIpc) is 3.17. The molecule has 1 heterocycles. The summed E-state index contributed by atoms with van der Waals surface area (Å²) in [4.78, 5) is 13.7. The molecule has 4 heteroatoms. The standard InChI is InChI=1S/C32H18O4/c33-26-16-24-23-15-18-7-1-2-10-19(18)30(34)29(23)32(28(24)21-12-4-3-11-20(21)26)25-14-6-9-17-8-5-13-22(27(17)25)31(35)36-32/h1-16,33-34H. The topological polar surface area (TPSA) is 66.8 Å². The van der Waals surface area contributed by atoms with Crippen LogP contribution < -0.4 is 0 Å². The van der Waals surface area contributed by atoms with Crippen LogP contribution in [0.5, 0.6) is 11.5 Å². The molecular formula is C32H18O4. The van der Waals surface area contributed by atoms with E-state index in [4.69, 9.17) is 4.74 Å². The molecule has 8 rings (SSSR count). The monoisotopic (exact) mass is 466 g/mol. The van der Waals surface area contributed by atoms with Crippen molar-refractivity contribution in [2.75, 3.05) is 0 Å². The van der Waals surface area contributed by atoms with Gasteiger partial charge in [-0.25, -0.2) is 4.79 Å². The molecule has 1 atom stereocenters. The van der Waals surface area contributed by atoms with Gasteiger partial charge in [0.05, 0.1) is 11.1 Å². The van der Waals surface area contributed by atoms with Gasteiger partial charge in [0.2, 0.25) is 0 Å². The fourth-order valence-corrected chi connectivity index (χ4v) is 6.40. The van der Waals surface area contributed by atoms with Gasteiger partial charge in [0.1, 0.15) is 11.5 Å². The van der Waals surface area contributed by atoms with Crippen LogP contribution in [0.4, 0.5) is 0 Å².